The molecule has 0 saturated carbocycles. The molecule has 28 heavy (non-hydrogen) atoms. The van der Waals surface area contributed by atoms with Crippen LogP contribution < -0.4 is 4.74 Å². The second-order valence-corrected chi connectivity index (χ2v) is 6.90. The summed E-state index contributed by atoms with van der Waals surface area (Å²) in [6, 6.07) is 14.7. The van der Waals surface area contributed by atoms with Gasteiger partial charge in [0.2, 0.25) is 5.82 Å². The average molecular weight is 411 g/mol. The Morgan fingerprint density at radius 2 is 1.89 bits per heavy atom. The standard InChI is InChI=1S/C19H12Cl2N6O/c20-12-5-6-17(14(21)9-12)28-11-26-8-7-16(24-26)18-23-19-13-3-1-2-4-15(13)22-10-27(19)25-18/h1-10H,11H2. The third-order valence-corrected chi connectivity index (χ3v) is 4.73. The minimum Gasteiger partial charge on any atom is -0.470 e. The Kier molecular flexibility index (Phi) is 4.11. The highest BCUT2D eigenvalue weighted by Crippen LogP contribution is 2.27. The van der Waals surface area contributed by atoms with Crippen molar-refractivity contribution in [3.8, 4) is 17.3 Å². The highest BCUT2D eigenvalue weighted by molar-refractivity contribution is 6.35. The van der Waals surface area contributed by atoms with Crippen molar-refractivity contribution in [1.82, 2.24) is 29.4 Å². The van der Waals surface area contributed by atoms with Crippen LogP contribution in [0.15, 0.2) is 61.1 Å². The average Bonchev–Trinajstić information content (AvgIpc) is 3.34. The van der Waals surface area contributed by atoms with Gasteiger partial charge in [-0.3, -0.25) is 0 Å². The van der Waals surface area contributed by atoms with Gasteiger partial charge in [0.25, 0.3) is 0 Å². The molecule has 0 aliphatic carbocycles. The maximum absolute atomic E-state index is 6.12. The van der Waals surface area contributed by atoms with Gasteiger partial charge in [0, 0.05) is 16.6 Å². The van der Waals surface area contributed by atoms with E-state index in [1.165, 1.54) is 0 Å². The maximum atomic E-state index is 6.12. The van der Waals surface area contributed by atoms with E-state index in [0.29, 0.717) is 27.3 Å². The molecule has 0 unspecified atom stereocenters. The summed E-state index contributed by atoms with van der Waals surface area (Å²) in [5, 5.41) is 10.9. The summed E-state index contributed by atoms with van der Waals surface area (Å²) in [5.74, 6) is 1.05. The first kappa shape index (κ1) is 17.0. The number of para-hydroxylation sites is 1. The summed E-state index contributed by atoms with van der Waals surface area (Å²) in [6.07, 6.45) is 3.44. The van der Waals surface area contributed by atoms with E-state index < -0.39 is 0 Å². The largest absolute Gasteiger partial charge is 0.470 e. The molecule has 5 rings (SSSR count). The molecule has 0 saturated heterocycles. The first-order valence-corrected chi connectivity index (χ1v) is 9.15. The molecule has 0 N–H and O–H groups in total. The van der Waals surface area contributed by atoms with Crippen LogP contribution >= 0.6 is 23.2 Å². The minimum atomic E-state index is 0.194. The molecule has 2 aromatic carbocycles. The van der Waals surface area contributed by atoms with Crippen LogP contribution in [0, 0.1) is 0 Å². The van der Waals surface area contributed by atoms with Crippen LogP contribution in [0.4, 0.5) is 0 Å². The fourth-order valence-electron chi connectivity index (χ4n) is 2.87. The highest BCUT2D eigenvalue weighted by atomic mass is 35.5. The lowest BCUT2D eigenvalue weighted by molar-refractivity contribution is 0.221. The molecule has 0 aliphatic rings. The van der Waals surface area contributed by atoms with Gasteiger partial charge in [0.15, 0.2) is 12.4 Å². The second kappa shape index (κ2) is 6.78. The second-order valence-electron chi connectivity index (χ2n) is 6.05. The van der Waals surface area contributed by atoms with Crippen molar-refractivity contribution in [2.45, 2.75) is 6.73 Å². The van der Waals surface area contributed by atoms with Crippen LogP contribution in [-0.4, -0.2) is 29.4 Å². The van der Waals surface area contributed by atoms with Crippen molar-refractivity contribution in [2.24, 2.45) is 0 Å². The highest BCUT2D eigenvalue weighted by Gasteiger charge is 2.12. The van der Waals surface area contributed by atoms with Crippen LogP contribution in [0.3, 0.4) is 0 Å². The fraction of sp³-hybridized carbons (Fsp3) is 0.0526. The predicted octanol–water partition coefficient (Wildman–Crippen LogP) is 4.48. The molecular formula is C19H12Cl2N6O. The van der Waals surface area contributed by atoms with Gasteiger partial charge >= 0.3 is 0 Å². The maximum Gasteiger partial charge on any atom is 0.202 e. The molecule has 0 radical (unpaired) electrons. The van der Waals surface area contributed by atoms with E-state index in [2.05, 4.69) is 20.2 Å². The lowest BCUT2D eigenvalue weighted by Crippen LogP contribution is -2.06. The van der Waals surface area contributed by atoms with Crippen molar-refractivity contribution in [2.75, 3.05) is 0 Å². The van der Waals surface area contributed by atoms with Crippen molar-refractivity contribution in [3.63, 3.8) is 0 Å². The molecule has 7 nitrogen and oxygen atoms in total. The molecule has 3 aromatic heterocycles. The van der Waals surface area contributed by atoms with E-state index in [9.17, 15) is 0 Å². The molecule has 3 heterocycles. The zero-order valence-electron chi connectivity index (χ0n) is 14.3. The predicted molar refractivity (Wildman–Crippen MR) is 107 cm³/mol. The van der Waals surface area contributed by atoms with E-state index in [0.717, 1.165) is 16.6 Å². The number of aromatic nitrogens is 6. The van der Waals surface area contributed by atoms with E-state index in [1.54, 1.807) is 39.9 Å². The Bertz CT molecular complexity index is 1310. The number of hydrogen-bond acceptors (Lipinski definition) is 5. The van der Waals surface area contributed by atoms with Crippen LogP contribution in [0.5, 0.6) is 5.75 Å². The number of ether oxygens (including phenoxy) is 1. The van der Waals surface area contributed by atoms with Gasteiger partial charge in [-0.15, -0.1) is 5.10 Å². The van der Waals surface area contributed by atoms with E-state index in [4.69, 9.17) is 27.9 Å². The zero-order valence-corrected chi connectivity index (χ0v) is 15.8. The van der Waals surface area contributed by atoms with Crippen LogP contribution in [0.25, 0.3) is 28.1 Å². The van der Waals surface area contributed by atoms with Crippen LogP contribution in [0.1, 0.15) is 0 Å². The van der Waals surface area contributed by atoms with Crippen LogP contribution in [-0.2, 0) is 6.73 Å². The molecule has 0 atom stereocenters. The summed E-state index contributed by atoms with van der Waals surface area (Å²) in [6.45, 7) is 0.194. The van der Waals surface area contributed by atoms with Gasteiger partial charge in [-0.2, -0.15) is 5.10 Å². The monoisotopic (exact) mass is 410 g/mol. The Labute approximate surface area is 169 Å². The van der Waals surface area contributed by atoms with E-state index in [-0.39, 0.29) is 6.73 Å². The number of halogens is 2. The van der Waals surface area contributed by atoms with Crippen LogP contribution in [0.2, 0.25) is 10.0 Å². The normalized spacial score (nSPS) is 11.4. The summed E-state index contributed by atoms with van der Waals surface area (Å²) < 4.78 is 8.99. The molecule has 5 aromatic rings. The lowest BCUT2D eigenvalue weighted by Gasteiger charge is -2.07. The zero-order chi connectivity index (χ0) is 19.1. The summed E-state index contributed by atoms with van der Waals surface area (Å²) in [5.41, 5.74) is 2.24. The van der Waals surface area contributed by atoms with E-state index in [1.807, 2.05) is 30.3 Å². The lowest BCUT2D eigenvalue weighted by atomic mass is 10.2. The van der Waals surface area contributed by atoms with Gasteiger partial charge in [-0.05, 0) is 36.4 Å². The first-order chi connectivity index (χ1) is 13.7. The quantitative estimate of drug-likeness (QED) is 0.436. The number of hydrogen-bond donors (Lipinski definition) is 0. The third kappa shape index (κ3) is 3.04. The fourth-order valence-corrected chi connectivity index (χ4v) is 3.33. The van der Waals surface area contributed by atoms with Gasteiger partial charge in [-0.1, -0.05) is 35.3 Å². The molecule has 0 aliphatic heterocycles. The molecule has 138 valence electrons. The van der Waals surface area contributed by atoms with Crippen molar-refractivity contribution in [3.05, 3.63) is 71.1 Å². The number of nitrogens with zero attached hydrogens (tertiary/aromatic N) is 6. The first-order valence-electron chi connectivity index (χ1n) is 8.39. The van der Waals surface area contributed by atoms with Crippen molar-refractivity contribution in [1.29, 1.82) is 0 Å². The van der Waals surface area contributed by atoms with Crippen molar-refractivity contribution < 1.29 is 4.74 Å². The Hall–Kier alpha value is -3.16. The topological polar surface area (TPSA) is 70.1 Å². The van der Waals surface area contributed by atoms with Gasteiger partial charge < -0.3 is 4.74 Å². The molecule has 0 bridgehead atoms. The van der Waals surface area contributed by atoms with Gasteiger partial charge in [-0.25, -0.2) is 19.2 Å². The molecule has 0 fully saturated rings. The number of rotatable bonds is 4. The minimum absolute atomic E-state index is 0.194. The smallest absolute Gasteiger partial charge is 0.202 e. The summed E-state index contributed by atoms with van der Waals surface area (Å²) in [4.78, 5) is 9.02. The number of benzene rings is 2. The molecule has 9 heteroatoms. The Balaban J connectivity index is 1.42. The molecule has 0 amide bonds. The van der Waals surface area contributed by atoms with Crippen molar-refractivity contribution >= 4 is 39.8 Å². The number of fused-ring (bicyclic) bond motifs is 3. The molecular weight excluding hydrogens is 399 g/mol. The molecule has 0 spiro atoms. The SMILES string of the molecule is Clc1ccc(OCn2ccc(-c3nc4c5ccccc5ncn4n3)n2)c(Cl)c1. The van der Waals surface area contributed by atoms with Gasteiger partial charge in [0.1, 0.15) is 17.8 Å². The summed E-state index contributed by atoms with van der Waals surface area (Å²) in [7, 11) is 0. The Morgan fingerprint density at radius 3 is 2.79 bits per heavy atom. The van der Waals surface area contributed by atoms with E-state index >= 15 is 0 Å². The van der Waals surface area contributed by atoms with Gasteiger partial charge in [0.05, 0.1) is 10.5 Å². The summed E-state index contributed by atoms with van der Waals surface area (Å²) >= 11 is 12.0. The third-order valence-electron chi connectivity index (χ3n) is 4.20. The Morgan fingerprint density at radius 1 is 1.00 bits per heavy atom.